The fraction of sp³-hybridized carbons (Fsp3) is 0.368. The van der Waals surface area contributed by atoms with Crippen LogP contribution in [0.4, 0.5) is 5.82 Å². The fourth-order valence-electron chi connectivity index (χ4n) is 3.45. The number of nitrogens with zero attached hydrogens (tertiary/aromatic N) is 5. The number of benzene rings is 1. The van der Waals surface area contributed by atoms with Gasteiger partial charge in [0.15, 0.2) is 5.69 Å². The minimum absolute atomic E-state index is 0.282. The largest absolute Gasteiger partial charge is 0.317 e. The molecule has 0 spiro atoms. The third kappa shape index (κ3) is 3.93. The normalized spacial score (nSPS) is 14.9. The summed E-state index contributed by atoms with van der Waals surface area (Å²) in [5.74, 6) is 0.325. The van der Waals surface area contributed by atoms with Crippen LogP contribution in [0.2, 0.25) is 5.02 Å². The zero-order chi connectivity index (χ0) is 19.5. The number of halogens is 1. The molecule has 0 unspecified atom stereocenters. The number of hydrogen-bond acceptors (Lipinski definition) is 5. The highest BCUT2D eigenvalue weighted by Crippen LogP contribution is 2.21. The predicted octanol–water partition coefficient (Wildman–Crippen LogP) is 2.66. The summed E-state index contributed by atoms with van der Waals surface area (Å²) < 4.78 is 3.61. The van der Waals surface area contributed by atoms with Crippen LogP contribution in [0, 0.1) is 6.92 Å². The first-order valence-electron chi connectivity index (χ1n) is 9.32. The Hall–Kier alpha value is -2.71. The zero-order valence-corrected chi connectivity index (χ0v) is 16.4. The maximum atomic E-state index is 12.8. The maximum absolute atomic E-state index is 12.8. The lowest BCUT2D eigenvalue weighted by atomic mass is 10.1. The minimum Gasteiger partial charge on any atom is -0.317 e. The van der Waals surface area contributed by atoms with Crippen molar-refractivity contribution in [1.29, 1.82) is 0 Å². The Kier molecular flexibility index (Phi) is 5.40. The summed E-state index contributed by atoms with van der Waals surface area (Å²) in [5, 5.41) is 19.6. The van der Waals surface area contributed by atoms with Crippen molar-refractivity contribution >= 4 is 23.3 Å². The van der Waals surface area contributed by atoms with Gasteiger partial charge in [-0.25, -0.2) is 9.36 Å². The third-order valence-electron chi connectivity index (χ3n) is 5.00. The van der Waals surface area contributed by atoms with E-state index in [1.165, 1.54) is 0 Å². The topological polar surface area (TPSA) is 89.7 Å². The highest BCUT2D eigenvalue weighted by molar-refractivity contribution is 6.30. The molecular formula is C19H22ClN7O. The molecule has 1 saturated heterocycles. The Bertz CT molecular complexity index is 957. The number of nitrogens with one attached hydrogen (secondary N) is 2. The van der Waals surface area contributed by atoms with E-state index < -0.39 is 0 Å². The van der Waals surface area contributed by atoms with E-state index in [-0.39, 0.29) is 11.9 Å². The summed E-state index contributed by atoms with van der Waals surface area (Å²) in [4.78, 5) is 12.8. The van der Waals surface area contributed by atoms with Gasteiger partial charge < -0.3 is 10.6 Å². The van der Waals surface area contributed by atoms with Gasteiger partial charge in [-0.3, -0.25) is 4.79 Å². The molecule has 0 aliphatic carbocycles. The van der Waals surface area contributed by atoms with E-state index in [4.69, 9.17) is 11.6 Å². The summed E-state index contributed by atoms with van der Waals surface area (Å²) in [6.07, 6.45) is 3.63. The van der Waals surface area contributed by atoms with Crippen molar-refractivity contribution in [2.75, 3.05) is 18.4 Å². The first-order chi connectivity index (χ1) is 13.6. The lowest BCUT2D eigenvalue weighted by Gasteiger charge is -2.23. The van der Waals surface area contributed by atoms with Gasteiger partial charge in [0, 0.05) is 11.1 Å². The zero-order valence-electron chi connectivity index (χ0n) is 15.6. The van der Waals surface area contributed by atoms with E-state index in [1.807, 2.05) is 35.9 Å². The molecule has 28 heavy (non-hydrogen) atoms. The van der Waals surface area contributed by atoms with Crippen molar-refractivity contribution in [2.24, 2.45) is 0 Å². The number of rotatable bonds is 5. The van der Waals surface area contributed by atoms with Crippen LogP contribution in [0.5, 0.6) is 0 Å². The Morgan fingerprint density at radius 3 is 2.75 bits per heavy atom. The van der Waals surface area contributed by atoms with Crippen LogP contribution in [-0.4, -0.2) is 43.8 Å². The molecule has 2 aromatic heterocycles. The van der Waals surface area contributed by atoms with Gasteiger partial charge in [-0.15, -0.1) is 5.10 Å². The Morgan fingerprint density at radius 1 is 1.25 bits per heavy atom. The third-order valence-corrected chi connectivity index (χ3v) is 5.25. The predicted molar refractivity (Wildman–Crippen MR) is 107 cm³/mol. The molecule has 3 heterocycles. The number of carbonyl (C=O) groups is 1. The molecule has 1 aliphatic rings. The van der Waals surface area contributed by atoms with Gasteiger partial charge in [-0.2, -0.15) is 5.10 Å². The number of piperidine rings is 1. The van der Waals surface area contributed by atoms with Gasteiger partial charge in [0.2, 0.25) is 0 Å². The first-order valence-corrected chi connectivity index (χ1v) is 9.70. The molecule has 9 heteroatoms. The van der Waals surface area contributed by atoms with E-state index in [2.05, 4.69) is 26.0 Å². The highest BCUT2D eigenvalue weighted by Gasteiger charge is 2.23. The molecule has 1 fully saturated rings. The van der Waals surface area contributed by atoms with Gasteiger partial charge in [-0.05, 0) is 50.6 Å². The number of carbonyl (C=O) groups excluding carboxylic acids is 1. The van der Waals surface area contributed by atoms with Gasteiger partial charge >= 0.3 is 0 Å². The van der Waals surface area contributed by atoms with Gasteiger partial charge in [0.1, 0.15) is 5.82 Å². The van der Waals surface area contributed by atoms with Crippen molar-refractivity contribution < 1.29 is 4.79 Å². The van der Waals surface area contributed by atoms with E-state index >= 15 is 0 Å². The summed E-state index contributed by atoms with van der Waals surface area (Å²) in [5.41, 5.74) is 2.17. The molecule has 0 atom stereocenters. The molecule has 4 rings (SSSR count). The minimum atomic E-state index is -0.282. The van der Waals surface area contributed by atoms with Gasteiger partial charge in [-0.1, -0.05) is 28.9 Å². The summed E-state index contributed by atoms with van der Waals surface area (Å²) >= 11 is 5.94. The molecule has 3 aromatic rings. The van der Waals surface area contributed by atoms with Crippen molar-refractivity contribution in [3.63, 3.8) is 0 Å². The standard InChI is InChI=1S/C19H22ClN7O/c1-13-18(24-25-27(13)16-6-9-21-10-7-16)19(28)23-17-8-11-22-26(17)12-14-2-4-15(20)5-3-14/h2-5,8,11,16,21H,6-7,9-10,12H2,1H3,(H,23,28). The van der Waals surface area contributed by atoms with Crippen LogP contribution in [0.25, 0.3) is 0 Å². The molecule has 146 valence electrons. The van der Waals surface area contributed by atoms with Gasteiger partial charge in [0.05, 0.1) is 24.5 Å². The van der Waals surface area contributed by atoms with Crippen molar-refractivity contribution in [2.45, 2.75) is 32.4 Å². The molecule has 0 saturated carbocycles. The smallest absolute Gasteiger partial charge is 0.279 e. The molecule has 1 amide bonds. The summed E-state index contributed by atoms with van der Waals surface area (Å²) in [6.45, 7) is 4.33. The van der Waals surface area contributed by atoms with E-state index in [1.54, 1.807) is 16.9 Å². The highest BCUT2D eigenvalue weighted by atomic mass is 35.5. The molecule has 8 nitrogen and oxygen atoms in total. The molecule has 1 aliphatic heterocycles. The number of amides is 1. The quantitative estimate of drug-likeness (QED) is 0.688. The molecule has 0 radical (unpaired) electrons. The van der Waals surface area contributed by atoms with Crippen molar-refractivity contribution in [3.05, 3.63) is 58.5 Å². The number of anilines is 1. The summed E-state index contributed by atoms with van der Waals surface area (Å²) in [6, 6.07) is 9.59. The Balaban J connectivity index is 1.48. The molecule has 1 aromatic carbocycles. The number of hydrogen-bond donors (Lipinski definition) is 2. The average Bonchev–Trinajstić information content (AvgIpc) is 3.30. The Morgan fingerprint density at radius 2 is 2.00 bits per heavy atom. The lowest BCUT2D eigenvalue weighted by molar-refractivity contribution is 0.102. The molecular weight excluding hydrogens is 378 g/mol. The SMILES string of the molecule is Cc1c(C(=O)Nc2ccnn2Cc2ccc(Cl)cc2)nnn1C1CCNCC1. The van der Waals surface area contributed by atoms with Crippen LogP contribution in [0.15, 0.2) is 36.5 Å². The van der Waals surface area contributed by atoms with Crippen LogP contribution >= 0.6 is 11.6 Å². The Labute approximate surface area is 167 Å². The monoisotopic (exact) mass is 399 g/mol. The van der Waals surface area contributed by atoms with E-state index in [9.17, 15) is 4.79 Å². The van der Waals surface area contributed by atoms with Gasteiger partial charge in [0.25, 0.3) is 5.91 Å². The second-order valence-electron chi connectivity index (χ2n) is 6.90. The molecule has 0 bridgehead atoms. The second kappa shape index (κ2) is 8.12. The van der Waals surface area contributed by atoms with E-state index in [0.717, 1.165) is 37.2 Å². The van der Waals surface area contributed by atoms with Crippen molar-refractivity contribution in [3.8, 4) is 0 Å². The van der Waals surface area contributed by atoms with E-state index in [0.29, 0.717) is 23.1 Å². The van der Waals surface area contributed by atoms with Crippen LogP contribution in [0.3, 0.4) is 0 Å². The average molecular weight is 400 g/mol. The first kappa shape index (κ1) is 18.6. The van der Waals surface area contributed by atoms with Crippen LogP contribution in [-0.2, 0) is 6.54 Å². The van der Waals surface area contributed by atoms with Crippen LogP contribution in [0.1, 0.15) is 40.6 Å². The lowest BCUT2D eigenvalue weighted by Crippen LogP contribution is -2.30. The van der Waals surface area contributed by atoms with Crippen LogP contribution < -0.4 is 10.6 Å². The van der Waals surface area contributed by atoms with Crippen molar-refractivity contribution in [1.82, 2.24) is 30.1 Å². The molecule has 2 N–H and O–H groups in total. The summed E-state index contributed by atoms with van der Waals surface area (Å²) in [7, 11) is 0. The number of aromatic nitrogens is 5. The second-order valence-corrected chi connectivity index (χ2v) is 7.34. The maximum Gasteiger partial charge on any atom is 0.279 e. The fourth-order valence-corrected chi connectivity index (χ4v) is 3.58.